The molecule has 0 spiro atoms. The Morgan fingerprint density at radius 3 is 2.47 bits per heavy atom. The number of nitrogens with two attached hydrogens (primary N) is 1. The van der Waals surface area contributed by atoms with Crippen molar-refractivity contribution in [1.29, 1.82) is 0 Å². The predicted octanol–water partition coefficient (Wildman–Crippen LogP) is 3.13. The summed E-state index contributed by atoms with van der Waals surface area (Å²) in [5.74, 6) is 1.27. The van der Waals surface area contributed by atoms with Gasteiger partial charge in [-0.2, -0.15) is 11.8 Å². The van der Waals surface area contributed by atoms with Crippen LogP contribution in [0.25, 0.3) is 0 Å². The maximum Gasteiger partial charge on any atom is 0.0314 e. The van der Waals surface area contributed by atoms with Crippen LogP contribution in [0.4, 0.5) is 5.69 Å². The van der Waals surface area contributed by atoms with Crippen molar-refractivity contribution in [3.8, 4) is 0 Å². The molecule has 2 aliphatic rings. The third-order valence-corrected chi connectivity index (χ3v) is 5.70. The summed E-state index contributed by atoms with van der Waals surface area (Å²) >= 11 is 2.11. The zero-order valence-corrected chi connectivity index (χ0v) is 12.8. The van der Waals surface area contributed by atoms with Crippen LogP contribution in [0.2, 0.25) is 0 Å². The first kappa shape index (κ1) is 13.3. The van der Waals surface area contributed by atoms with E-state index >= 15 is 0 Å². The zero-order valence-electron chi connectivity index (χ0n) is 12.0. The topological polar surface area (TPSA) is 29.3 Å². The molecule has 3 rings (SSSR count). The molecule has 1 aromatic carbocycles. The lowest BCUT2D eigenvalue weighted by atomic mass is 9.94. The summed E-state index contributed by atoms with van der Waals surface area (Å²) in [6.45, 7) is 8.42. The van der Waals surface area contributed by atoms with Crippen LogP contribution in [0, 0.1) is 0 Å². The Bertz CT molecular complexity index is 448. The molecule has 0 radical (unpaired) electrons. The van der Waals surface area contributed by atoms with Gasteiger partial charge in [0.25, 0.3) is 0 Å². The molecule has 1 saturated carbocycles. The summed E-state index contributed by atoms with van der Waals surface area (Å²) in [7, 11) is 0. The third kappa shape index (κ3) is 2.92. The van der Waals surface area contributed by atoms with Crippen molar-refractivity contribution in [3.05, 3.63) is 29.8 Å². The highest BCUT2D eigenvalue weighted by Crippen LogP contribution is 2.49. The Hall–Kier alpha value is -0.670. The van der Waals surface area contributed by atoms with Crippen molar-refractivity contribution < 1.29 is 0 Å². The molecule has 2 nitrogen and oxygen atoms in total. The average Bonchev–Trinajstić information content (AvgIpc) is 3.09. The highest BCUT2D eigenvalue weighted by molar-refractivity contribution is 8.00. The minimum Gasteiger partial charge on any atom is -0.399 e. The molecule has 1 aliphatic heterocycles. The van der Waals surface area contributed by atoms with Gasteiger partial charge in [-0.05, 0) is 44.4 Å². The summed E-state index contributed by atoms with van der Waals surface area (Å²) < 4.78 is 0.412. The van der Waals surface area contributed by atoms with Crippen LogP contribution in [0.3, 0.4) is 0 Å². The number of hydrogen-bond acceptors (Lipinski definition) is 3. The zero-order chi connectivity index (χ0) is 13.5. The van der Waals surface area contributed by atoms with Crippen LogP contribution in [0.5, 0.6) is 0 Å². The Labute approximate surface area is 120 Å². The molecule has 104 valence electrons. The van der Waals surface area contributed by atoms with Gasteiger partial charge in [0.05, 0.1) is 0 Å². The molecule has 0 bridgehead atoms. The van der Waals surface area contributed by atoms with E-state index in [0.717, 1.165) is 5.69 Å². The molecule has 1 saturated heterocycles. The van der Waals surface area contributed by atoms with Gasteiger partial charge in [-0.1, -0.05) is 12.1 Å². The molecule has 19 heavy (non-hydrogen) atoms. The number of benzene rings is 1. The average molecular weight is 276 g/mol. The van der Waals surface area contributed by atoms with Crippen LogP contribution in [-0.2, 0) is 5.41 Å². The van der Waals surface area contributed by atoms with E-state index in [1.165, 1.54) is 43.8 Å². The van der Waals surface area contributed by atoms with Crippen molar-refractivity contribution in [3.63, 3.8) is 0 Å². The van der Waals surface area contributed by atoms with Gasteiger partial charge in [0.15, 0.2) is 0 Å². The molecule has 2 fully saturated rings. The van der Waals surface area contributed by atoms with Gasteiger partial charge in [-0.25, -0.2) is 0 Å². The maximum atomic E-state index is 5.80. The quantitative estimate of drug-likeness (QED) is 0.860. The van der Waals surface area contributed by atoms with Gasteiger partial charge >= 0.3 is 0 Å². The molecule has 0 unspecified atom stereocenters. The Kier molecular flexibility index (Phi) is 3.30. The van der Waals surface area contributed by atoms with Gasteiger partial charge in [0.2, 0.25) is 0 Å². The molecular weight excluding hydrogens is 252 g/mol. The van der Waals surface area contributed by atoms with E-state index in [2.05, 4.69) is 42.6 Å². The van der Waals surface area contributed by atoms with Crippen molar-refractivity contribution in [2.75, 3.05) is 31.1 Å². The molecule has 2 N–H and O–H groups in total. The smallest absolute Gasteiger partial charge is 0.0314 e. The fraction of sp³-hybridized carbons (Fsp3) is 0.625. The Morgan fingerprint density at radius 1 is 1.21 bits per heavy atom. The van der Waals surface area contributed by atoms with Crippen LogP contribution < -0.4 is 5.73 Å². The molecule has 0 amide bonds. The summed E-state index contributed by atoms with van der Waals surface area (Å²) in [6, 6.07) is 8.55. The monoisotopic (exact) mass is 276 g/mol. The standard InChI is InChI=1S/C16H24N2S/c1-15(2)11-18(9-10-19-15)12-16(7-8-16)13-3-5-14(17)6-4-13/h3-6H,7-12,17H2,1-2H3. The molecule has 0 aromatic heterocycles. The van der Waals surface area contributed by atoms with Gasteiger partial charge in [-0.15, -0.1) is 0 Å². The van der Waals surface area contributed by atoms with Crippen LogP contribution in [0.1, 0.15) is 32.3 Å². The van der Waals surface area contributed by atoms with Gasteiger partial charge in [0, 0.05) is 41.2 Å². The Morgan fingerprint density at radius 2 is 1.89 bits per heavy atom. The first-order chi connectivity index (χ1) is 8.99. The van der Waals surface area contributed by atoms with Crippen LogP contribution in [-0.4, -0.2) is 35.0 Å². The molecule has 0 atom stereocenters. The largest absolute Gasteiger partial charge is 0.399 e. The van der Waals surface area contributed by atoms with Crippen molar-refractivity contribution in [1.82, 2.24) is 4.90 Å². The minimum absolute atomic E-state index is 0.412. The maximum absolute atomic E-state index is 5.80. The number of nitrogens with zero attached hydrogens (tertiary/aromatic N) is 1. The number of hydrogen-bond donors (Lipinski definition) is 1. The second-order valence-corrected chi connectivity index (χ2v) is 8.52. The van der Waals surface area contributed by atoms with Crippen LogP contribution in [0.15, 0.2) is 24.3 Å². The summed E-state index contributed by atoms with van der Waals surface area (Å²) in [4.78, 5) is 2.67. The first-order valence-electron chi connectivity index (χ1n) is 7.22. The Balaban J connectivity index is 1.70. The molecule has 3 heteroatoms. The lowest BCUT2D eigenvalue weighted by molar-refractivity contribution is 0.238. The van der Waals surface area contributed by atoms with E-state index in [4.69, 9.17) is 5.73 Å². The fourth-order valence-electron chi connectivity index (χ4n) is 3.20. The number of nitrogen functional groups attached to an aromatic ring is 1. The highest BCUT2D eigenvalue weighted by atomic mass is 32.2. The second kappa shape index (κ2) is 4.71. The number of anilines is 1. The summed E-state index contributed by atoms with van der Waals surface area (Å²) in [5.41, 5.74) is 8.57. The van der Waals surface area contributed by atoms with E-state index in [-0.39, 0.29) is 0 Å². The molecule has 1 aromatic rings. The van der Waals surface area contributed by atoms with E-state index in [9.17, 15) is 0 Å². The molecular formula is C16H24N2S. The second-order valence-electron chi connectivity index (χ2n) is 6.72. The van der Waals surface area contributed by atoms with Crippen LogP contribution >= 0.6 is 11.8 Å². The van der Waals surface area contributed by atoms with Gasteiger partial charge < -0.3 is 10.6 Å². The van der Waals surface area contributed by atoms with Crippen molar-refractivity contribution in [2.24, 2.45) is 0 Å². The highest BCUT2D eigenvalue weighted by Gasteiger charge is 2.46. The molecule has 1 heterocycles. The summed E-state index contributed by atoms with van der Waals surface area (Å²) in [5, 5.41) is 0. The van der Waals surface area contributed by atoms with Crippen molar-refractivity contribution in [2.45, 2.75) is 36.9 Å². The normalized spacial score (nSPS) is 25.2. The van der Waals surface area contributed by atoms with Gasteiger partial charge in [-0.3, -0.25) is 0 Å². The van der Waals surface area contributed by atoms with Crippen molar-refractivity contribution >= 4 is 17.4 Å². The van der Waals surface area contributed by atoms with E-state index in [1.807, 2.05) is 12.1 Å². The van der Waals surface area contributed by atoms with E-state index in [1.54, 1.807) is 0 Å². The number of rotatable bonds is 3. The predicted molar refractivity (Wildman–Crippen MR) is 84.7 cm³/mol. The van der Waals surface area contributed by atoms with E-state index < -0.39 is 0 Å². The lowest BCUT2D eigenvalue weighted by Gasteiger charge is -2.39. The first-order valence-corrected chi connectivity index (χ1v) is 8.20. The SMILES string of the molecule is CC1(C)CN(CC2(c3ccc(N)cc3)CC2)CCS1. The minimum atomic E-state index is 0.412. The van der Waals surface area contributed by atoms with Gasteiger partial charge in [0.1, 0.15) is 0 Å². The van der Waals surface area contributed by atoms with E-state index in [0.29, 0.717) is 10.2 Å². The third-order valence-electron chi connectivity index (χ3n) is 4.41. The summed E-state index contributed by atoms with van der Waals surface area (Å²) in [6.07, 6.45) is 2.67. The lowest BCUT2D eigenvalue weighted by Crippen LogP contribution is -2.46. The number of thioether (sulfide) groups is 1. The molecule has 1 aliphatic carbocycles. The fourth-order valence-corrected chi connectivity index (χ4v) is 4.38.